The molecule has 5 nitrogen and oxygen atoms in total. The molecule has 0 atom stereocenters. The molecule has 0 saturated carbocycles. The van der Waals surface area contributed by atoms with E-state index in [0.29, 0.717) is 5.75 Å². The summed E-state index contributed by atoms with van der Waals surface area (Å²) in [6.45, 7) is 9.07. The molecule has 2 rings (SSSR count). The van der Waals surface area contributed by atoms with E-state index in [2.05, 4.69) is 27.4 Å². The van der Waals surface area contributed by atoms with E-state index in [1.54, 1.807) is 17.8 Å². The molecule has 1 fully saturated rings. The maximum absolute atomic E-state index is 13.6. The minimum atomic E-state index is -0.124. The monoisotopic (exact) mass is 496 g/mol. The first-order chi connectivity index (χ1) is 12.3. The van der Waals surface area contributed by atoms with Crippen molar-refractivity contribution in [2.24, 2.45) is 4.99 Å². The SMILES string of the molecule is CCNC(=NCCN1CCOCC1)NCCSCc1ccccc1F.I. The van der Waals surface area contributed by atoms with Gasteiger partial charge in [0.2, 0.25) is 0 Å². The van der Waals surface area contributed by atoms with E-state index < -0.39 is 0 Å². The molecule has 1 aliphatic rings. The smallest absolute Gasteiger partial charge is 0.191 e. The number of hydrogen-bond donors (Lipinski definition) is 2. The van der Waals surface area contributed by atoms with Crippen LogP contribution in [0.4, 0.5) is 4.39 Å². The normalized spacial score (nSPS) is 15.4. The second-order valence-corrected chi connectivity index (χ2v) is 6.89. The summed E-state index contributed by atoms with van der Waals surface area (Å²) in [6.07, 6.45) is 0. The number of nitrogens with one attached hydrogen (secondary N) is 2. The molecule has 1 aromatic carbocycles. The largest absolute Gasteiger partial charge is 0.379 e. The zero-order valence-corrected chi connectivity index (χ0v) is 18.5. The molecule has 0 unspecified atom stereocenters. The van der Waals surface area contributed by atoms with Crippen LogP contribution in [-0.2, 0) is 10.5 Å². The lowest BCUT2D eigenvalue weighted by molar-refractivity contribution is 0.0394. The van der Waals surface area contributed by atoms with Gasteiger partial charge >= 0.3 is 0 Å². The Labute approximate surface area is 177 Å². The van der Waals surface area contributed by atoms with Gasteiger partial charge in [-0.15, -0.1) is 24.0 Å². The number of rotatable bonds is 9. The number of halogens is 2. The molecule has 1 saturated heterocycles. The molecule has 0 radical (unpaired) electrons. The van der Waals surface area contributed by atoms with E-state index in [0.717, 1.165) is 69.8 Å². The summed E-state index contributed by atoms with van der Waals surface area (Å²) in [5.74, 6) is 2.32. The summed E-state index contributed by atoms with van der Waals surface area (Å²) in [7, 11) is 0. The summed E-state index contributed by atoms with van der Waals surface area (Å²) in [6, 6.07) is 6.95. The quantitative estimate of drug-likeness (QED) is 0.238. The molecule has 8 heteroatoms. The highest BCUT2D eigenvalue weighted by Crippen LogP contribution is 2.14. The van der Waals surface area contributed by atoms with Gasteiger partial charge in [-0.2, -0.15) is 11.8 Å². The van der Waals surface area contributed by atoms with E-state index in [4.69, 9.17) is 4.74 Å². The van der Waals surface area contributed by atoms with E-state index in [1.807, 2.05) is 12.1 Å². The van der Waals surface area contributed by atoms with E-state index in [-0.39, 0.29) is 29.8 Å². The second-order valence-electron chi connectivity index (χ2n) is 5.79. The number of ether oxygens (including phenoxy) is 1. The summed E-state index contributed by atoms with van der Waals surface area (Å²) in [4.78, 5) is 7.00. The zero-order chi connectivity index (χ0) is 17.7. The van der Waals surface area contributed by atoms with Crippen LogP contribution in [0.15, 0.2) is 29.3 Å². The van der Waals surface area contributed by atoms with Gasteiger partial charge in [0.1, 0.15) is 5.82 Å². The Balaban J connectivity index is 0.00000338. The van der Waals surface area contributed by atoms with Gasteiger partial charge in [-0.3, -0.25) is 9.89 Å². The molecule has 0 amide bonds. The highest BCUT2D eigenvalue weighted by Gasteiger charge is 2.09. The third-order valence-electron chi connectivity index (χ3n) is 3.89. The maximum atomic E-state index is 13.6. The van der Waals surface area contributed by atoms with Crippen molar-refractivity contribution < 1.29 is 9.13 Å². The molecule has 1 aliphatic heterocycles. The van der Waals surface area contributed by atoms with Gasteiger partial charge in [-0.05, 0) is 18.6 Å². The average molecular weight is 496 g/mol. The molecule has 1 heterocycles. The minimum Gasteiger partial charge on any atom is -0.379 e. The van der Waals surface area contributed by atoms with Gasteiger partial charge in [0.15, 0.2) is 5.96 Å². The number of thioether (sulfide) groups is 1. The van der Waals surface area contributed by atoms with Gasteiger partial charge in [0, 0.05) is 44.2 Å². The summed E-state index contributed by atoms with van der Waals surface area (Å²) in [5, 5.41) is 6.60. The highest BCUT2D eigenvalue weighted by atomic mass is 127. The maximum Gasteiger partial charge on any atom is 0.191 e. The molecule has 2 N–H and O–H groups in total. The first-order valence-corrected chi connectivity index (χ1v) is 10.1. The van der Waals surface area contributed by atoms with Crippen molar-refractivity contribution in [2.45, 2.75) is 12.7 Å². The number of benzene rings is 1. The Morgan fingerprint density at radius 1 is 1.27 bits per heavy atom. The first kappa shape index (κ1) is 23.5. The third-order valence-corrected chi connectivity index (χ3v) is 4.90. The molecule has 0 spiro atoms. The van der Waals surface area contributed by atoms with E-state index in [1.165, 1.54) is 6.07 Å². The number of morpholine rings is 1. The predicted octanol–water partition coefficient (Wildman–Crippen LogP) is 2.56. The lowest BCUT2D eigenvalue weighted by Gasteiger charge is -2.25. The van der Waals surface area contributed by atoms with Crippen LogP contribution in [0.2, 0.25) is 0 Å². The molecule has 0 bridgehead atoms. The van der Waals surface area contributed by atoms with Crippen LogP contribution >= 0.6 is 35.7 Å². The number of hydrogen-bond acceptors (Lipinski definition) is 4. The fourth-order valence-corrected chi connectivity index (χ4v) is 3.35. The van der Waals surface area contributed by atoms with Crippen molar-refractivity contribution in [1.82, 2.24) is 15.5 Å². The first-order valence-electron chi connectivity index (χ1n) is 8.93. The Hall–Kier alpha value is -0.580. The number of nitrogens with zero attached hydrogens (tertiary/aromatic N) is 2. The van der Waals surface area contributed by atoms with Crippen molar-refractivity contribution >= 4 is 41.7 Å². The van der Waals surface area contributed by atoms with Gasteiger partial charge in [-0.25, -0.2) is 4.39 Å². The molecule has 0 aliphatic carbocycles. The topological polar surface area (TPSA) is 48.9 Å². The Bertz CT molecular complexity index is 530. The Morgan fingerprint density at radius 3 is 2.77 bits per heavy atom. The predicted molar refractivity (Wildman–Crippen MR) is 119 cm³/mol. The van der Waals surface area contributed by atoms with Crippen molar-refractivity contribution in [1.29, 1.82) is 0 Å². The van der Waals surface area contributed by atoms with Crippen LogP contribution in [0.1, 0.15) is 12.5 Å². The number of guanidine groups is 1. The van der Waals surface area contributed by atoms with Crippen LogP contribution in [0.5, 0.6) is 0 Å². The van der Waals surface area contributed by atoms with Gasteiger partial charge in [-0.1, -0.05) is 18.2 Å². The molecule has 148 valence electrons. The third kappa shape index (κ3) is 9.38. The Kier molecular flexibility index (Phi) is 13.1. The van der Waals surface area contributed by atoms with E-state index >= 15 is 0 Å². The van der Waals surface area contributed by atoms with Crippen molar-refractivity contribution in [2.75, 3.05) is 58.2 Å². The van der Waals surface area contributed by atoms with Gasteiger partial charge < -0.3 is 15.4 Å². The van der Waals surface area contributed by atoms with Crippen LogP contribution in [0.25, 0.3) is 0 Å². The molecule has 26 heavy (non-hydrogen) atoms. The summed E-state index contributed by atoms with van der Waals surface area (Å²) in [5.41, 5.74) is 0.763. The molecule has 0 aromatic heterocycles. The zero-order valence-electron chi connectivity index (χ0n) is 15.4. The standard InChI is InChI=1S/C18H29FN4OS.HI/c1-2-20-18(21-7-9-23-10-12-24-13-11-23)22-8-14-25-15-16-5-3-4-6-17(16)19;/h3-6H,2,7-15H2,1H3,(H2,20,21,22);1H. The van der Waals surface area contributed by atoms with Crippen LogP contribution in [0.3, 0.4) is 0 Å². The van der Waals surface area contributed by atoms with Crippen LogP contribution in [-0.4, -0.2) is 69.1 Å². The van der Waals surface area contributed by atoms with Crippen molar-refractivity contribution in [3.05, 3.63) is 35.6 Å². The van der Waals surface area contributed by atoms with Crippen LogP contribution in [0, 0.1) is 5.82 Å². The summed E-state index contributed by atoms with van der Waals surface area (Å²) >= 11 is 1.72. The summed E-state index contributed by atoms with van der Waals surface area (Å²) < 4.78 is 18.9. The average Bonchev–Trinajstić information content (AvgIpc) is 2.64. The fourth-order valence-electron chi connectivity index (χ4n) is 2.51. The Morgan fingerprint density at radius 2 is 2.04 bits per heavy atom. The number of aliphatic imine (C=N–C) groups is 1. The molecular formula is C18H30FIN4OS. The van der Waals surface area contributed by atoms with Crippen molar-refractivity contribution in [3.8, 4) is 0 Å². The molecular weight excluding hydrogens is 466 g/mol. The van der Waals surface area contributed by atoms with Crippen molar-refractivity contribution in [3.63, 3.8) is 0 Å². The lowest BCUT2D eigenvalue weighted by atomic mass is 10.2. The van der Waals surface area contributed by atoms with E-state index in [9.17, 15) is 4.39 Å². The molecule has 1 aromatic rings. The lowest BCUT2D eigenvalue weighted by Crippen LogP contribution is -2.40. The minimum absolute atomic E-state index is 0. The second kappa shape index (κ2) is 14.5. The highest BCUT2D eigenvalue weighted by molar-refractivity contribution is 14.0. The van der Waals surface area contributed by atoms with Crippen LogP contribution < -0.4 is 10.6 Å². The fraction of sp³-hybridized carbons (Fsp3) is 0.611. The van der Waals surface area contributed by atoms with Gasteiger partial charge in [0.05, 0.1) is 19.8 Å². The van der Waals surface area contributed by atoms with Gasteiger partial charge in [0.25, 0.3) is 0 Å².